The van der Waals surface area contributed by atoms with E-state index in [1.54, 1.807) is 0 Å². The number of hydrogen-bond acceptors (Lipinski definition) is 2. The molecule has 1 heterocycles. The zero-order valence-corrected chi connectivity index (χ0v) is 9.14. The van der Waals surface area contributed by atoms with E-state index in [2.05, 4.69) is 0 Å². The highest BCUT2D eigenvalue weighted by Crippen LogP contribution is 2.41. The van der Waals surface area contributed by atoms with Gasteiger partial charge in [-0.1, -0.05) is 0 Å². The Kier molecular flexibility index (Phi) is 2.75. The van der Waals surface area contributed by atoms with Crippen molar-refractivity contribution in [3.05, 3.63) is 0 Å². The minimum Gasteiger partial charge on any atom is -0.370 e. The molecule has 0 aromatic carbocycles. The van der Waals surface area contributed by atoms with E-state index in [1.807, 2.05) is 6.92 Å². The van der Waals surface area contributed by atoms with Crippen molar-refractivity contribution in [3.63, 3.8) is 0 Å². The normalized spacial score (nSPS) is 40.4. The molecule has 3 atom stereocenters. The molecule has 4 heteroatoms. The van der Waals surface area contributed by atoms with Crippen molar-refractivity contribution in [2.24, 2.45) is 11.7 Å². The molecule has 0 unspecified atom stereocenters. The third-order valence-corrected chi connectivity index (χ3v) is 3.47. The summed E-state index contributed by atoms with van der Waals surface area (Å²) in [5.41, 5.74) is 5.89. The maximum absolute atomic E-state index is 12.9. The number of hydrogen-bond donors (Lipinski definition) is 1. The fourth-order valence-corrected chi connectivity index (χ4v) is 2.55. The largest absolute Gasteiger partial charge is 0.370 e. The lowest BCUT2D eigenvalue weighted by Gasteiger charge is -2.18. The summed E-state index contributed by atoms with van der Waals surface area (Å²) in [6.07, 6.45) is 2.21. The standard InChI is InChI=1S/C11H19F2NO/c1-10(7-15-10)6-9(14)4-8-2-3-11(12,13)5-8/h8-9H,2-7,14H2,1H3/t8-,9+,10-/m1/s1. The topological polar surface area (TPSA) is 38.5 Å². The number of halogens is 2. The first-order chi connectivity index (χ1) is 6.89. The van der Waals surface area contributed by atoms with Gasteiger partial charge in [-0.25, -0.2) is 8.78 Å². The molecule has 1 aliphatic carbocycles. The second-order valence-electron chi connectivity index (χ2n) is 5.40. The third-order valence-electron chi connectivity index (χ3n) is 3.47. The van der Waals surface area contributed by atoms with Gasteiger partial charge in [0.2, 0.25) is 5.92 Å². The summed E-state index contributed by atoms with van der Waals surface area (Å²) in [4.78, 5) is 0. The fraction of sp³-hybridized carbons (Fsp3) is 1.00. The van der Waals surface area contributed by atoms with Gasteiger partial charge in [-0.15, -0.1) is 0 Å². The average Bonchev–Trinajstić information content (AvgIpc) is 2.68. The number of rotatable bonds is 4. The fourth-order valence-electron chi connectivity index (χ4n) is 2.55. The third kappa shape index (κ3) is 3.11. The Morgan fingerprint density at radius 3 is 2.67 bits per heavy atom. The van der Waals surface area contributed by atoms with Crippen molar-refractivity contribution >= 4 is 0 Å². The van der Waals surface area contributed by atoms with Crippen LogP contribution in [0.3, 0.4) is 0 Å². The summed E-state index contributed by atoms with van der Waals surface area (Å²) in [5, 5.41) is 0. The van der Waals surface area contributed by atoms with E-state index in [0.717, 1.165) is 13.0 Å². The number of alkyl halides is 2. The van der Waals surface area contributed by atoms with Gasteiger partial charge in [0, 0.05) is 18.9 Å². The van der Waals surface area contributed by atoms with Crippen molar-refractivity contribution < 1.29 is 13.5 Å². The summed E-state index contributed by atoms with van der Waals surface area (Å²) in [6.45, 7) is 2.79. The minimum absolute atomic E-state index is 0.0106. The Hall–Kier alpha value is -0.220. The Labute approximate surface area is 89.2 Å². The van der Waals surface area contributed by atoms with Crippen LogP contribution in [0.15, 0.2) is 0 Å². The molecule has 1 saturated carbocycles. The summed E-state index contributed by atoms with van der Waals surface area (Å²) in [5.74, 6) is -2.33. The van der Waals surface area contributed by atoms with E-state index in [0.29, 0.717) is 12.8 Å². The molecule has 0 amide bonds. The van der Waals surface area contributed by atoms with E-state index in [-0.39, 0.29) is 30.4 Å². The van der Waals surface area contributed by atoms with E-state index in [9.17, 15) is 8.78 Å². The van der Waals surface area contributed by atoms with Crippen LogP contribution in [0.2, 0.25) is 0 Å². The maximum Gasteiger partial charge on any atom is 0.248 e. The van der Waals surface area contributed by atoms with Gasteiger partial charge in [0.1, 0.15) is 0 Å². The van der Waals surface area contributed by atoms with E-state index in [1.165, 1.54) is 0 Å². The van der Waals surface area contributed by atoms with Gasteiger partial charge in [-0.05, 0) is 32.1 Å². The van der Waals surface area contributed by atoms with Gasteiger partial charge in [0.05, 0.1) is 12.2 Å². The smallest absolute Gasteiger partial charge is 0.248 e. The molecule has 0 aromatic rings. The van der Waals surface area contributed by atoms with Gasteiger partial charge in [0.25, 0.3) is 0 Å². The predicted octanol–water partition coefficient (Wildman–Crippen LogP) is 2.32. The highest BCUT2D eigenvalue weighted by atomic mass is 19.3. The molecule has 0 aromatic heterocycles. The van der Waals surface area contributed by atoms with Gasteiger partial charge in [-0.2, -0.15) is 0 Å². The van der Waals surface area contributed by atoms with Gasteiger partial charge < -0.3 is 10.5 Å². The number of nitrogens with two attached hydrogens (primary N) is 1. The Morgan fingerprint density at radius 2 is 2.20 bits per heavy atom. The van der Waals surface area contributed by atoms with Gasteiger partial charge in [0.15, 0.2) is 0 Å². The second kappa shape index (κ2) is 3.67. The van der Waals surface area contributed by atoms with Crippen LogP contribution in [-0.2, 0) is 4.74 Å². The lowest BCUT2D eigenvalue weighted by Crippen LogP contribution is -2.28. The van der Waals surface area contributed by atoms with Crippen molar-refractivity contribution in [1.29, 1.82) is 0 Å². The van der Waals surface area contributed by atoms with Crippen LogP contribution in [0.5, 0.6) is 0 Å². The highest BCUT2D eigenvalue weighted by molar-refractivity contribution is 4.92. The van der Waals surface area contributed by atoms with Crippen LogP contribution in [0, 0.1) is 5.92 Å². The summed E-state index contributed by atoms with van der Waals surface area (Å²) in [6, 6.07) is 0.0106. The van der Waals surface area contributed by atoms with Crippen molar-refractivity contribution in [1.82, 2.24) is 0 Å². The molecule has 0 radical (unpaired) electrons. The zero-order chi connectivity index (χ0) is 11.1. The maximum atomic E-state index is 12.9. The van der Waals surface area contributed by atoms with Crippen LogP contribution in [0.4, 0.5) is 8.78 Å². The quantitative estimate of drug-likeness (QED) is 0.737. The van der Waals surface area contributed by atoms with Crippen molar-refractivity contribution in [2.75, 3.05) is 6.61 Å². The van der Waals surface area contributed by atoms with Crippen LogP contribution >= 0.6 is 0 Å². The van der Waals surface area contributed by atoms with E-state index >= 15 is 0 Å². The summed E-state index contributed by atoms with van der Waals surface area (Å²) in [7, 11) is 0. The minimum atomic E-state index is -2.44. The Balaban J connectivity index is 1.73. The molecule has 15 heavy (non-hydrogen) atoms. The molecule has 2 nitrogen and oxygen atoms in total. The average molecular weight is 219 g/mol. The molecular formula is C11H19F2NO. The lowest BCUT2D eigenvalue weighted by molar-refractivity contribution is 0.00440. The Morgan fingerprint density at radius 1 is 1.53 bits per heavy atom. The molecule has 2 fully saturated rings. The molecular weight excluding hydrogens is 200 g/mol. The van der Waals surface area contributed by atoms with Gasteiger partial charge in [-0.3, -0.25) is 0 Å². The number of epoxide rings is 1. The molecule has 0 bridgehead atoms. The van der Waals surface area contributed by atoms with Crippen LogP contribution < -0.4 is 5.73 Å². The number of ether oxygens (including phenoxy) is 1. The Bertz CT molecular complexity index is 241. The highest BCUT2D eigenvalue weighted by Gasteiger charge is 2.43. The van der Waals surface area contributed by atoms with E-state index in [4.69, 9.17) is 10.5 Å². The van der Waals surface area contributed by atoms with Crippen molar-refractivity contribution in [3.8, 4) is 0 Å². The van der Waals surface area contributed by atoms with Crippen LogP contribution in [0.25, 0.3) is 0 Å². The van der Waals surface area contributed by atoms with E-state index < -0.39 is 5.92 Å². The SMILES string of the molecule is C[C@@]1(C[C@@H](N)C[C@H]2CCC(F)(F)C2)CO1. The predicted molar refractivity (Wildman–Crippen MR) is 53.9 cm³/mol. The molecule has 0 spiro atoms. The molecule has 2 aliphatic rings. The van der Waals surface area contributed by atoms with Crippen molar-refractivity contribution in [2.45, 2.75) is 56.6 Å². The summed E-state index contributed by atoms with van der Waals surface area (Å²) >= 11 is 0. The molecule has 1 aliphatic heterocycles. The van der Waals surface area contributed by atoms with Gasteiger partial charge >= 0.3 is 0 Å². The zero-order valence-electron chi connectivity index (χ0n) is 9.14. The molecule has 1 saturated heterocycles. The van der Waals surface area contributed by atoms with Crippen LogP contribution in [-0.4, -0.2) is 24.2 Å². The molecule has 88 valence electrons. The second-order valence-corrected chi connectivity index (χ2v) is 5.40. The first-order valence-electron chi connectivity index (χ1n) is 5.66. The summed E-state index contributed by atoms with van der Waals surface area (Å²) < 4.78 is 31.1. The monoisotopic (exact) mass is 219 g/mol. The first-order valence-corrected chi connectivity index (χ1v) is 5.66. The lowest BCUT2D eigenvalue weighted by atomic mass is 9.93. The molecule has 2 N–H and O–H groups in total. The first kappa shape index (κ1) is 11.3. The van der Waals surface area contributed by atoms with Crippen LogP contribution in [0.1, 0.15) is 39.0 Å². The molecule has 2 rings (SSSR count).